The molecule has 0 saturated carbocycles. The van der Waals surface area contributed by atoms with Crippen LogP contribution in [0.15, 0.2) is 35.4 Å². The Morgan fingerprint density at radius 2 is 2.17 bits per heavy atom. The third-order valence-electron chi connectivity index (χ3n) is 2.26. The van der Waals surface area contributed by atoms with Crippen LogP contribution in [0.5, 0.6) is 0 Å². The van der Waals surface area contributed by atoms with Crippen LogP contribution >= 0.6 is 11.6 Å². The van der Waals surface area contributed by atoms with Gasteiger partial charge in [0.25, 0.3) is 0 Å². The second-order valence-corrected chi connectivity index (χ2v) is 3.77. The average molecular weight is 270 g/mol. The van der Waals surface area contributed by atoms with Gasteiger partial charge in [-0.3, -0.25) is 4.79 Å². The molecule has 1 aromatic carbocycles. The Labute approximate surface area is 128 Å². The number of fused-ring (bicyclic) bond motifs is 1. The van der Waals surface area contributed by atoms with Crippen LogP contribution in [0.1, 0.15) is 0 Å². The van der Waals surface area contributed by atoms with Crippen LogP contribution in [0.3, 0.4) is 0 Å². The number of nitrogens with zero attached hydrogens (tertiary/aromatic N) is 5. The zero-order valence-electron chi connectivity index (χ0n) is 9.41. The van der Waals surface area contributed by atoms with Crippen molar-refractivity contribution in [1.29, 1.82) is 0 Å². The Morgan fingerprint density at radius 3 is 2.94 bits per heavy atom. The maximum atomic E-state index is 11.4. The predicted molar refractivity (Wildman–Crippen MR) is 61.3 cm³/mol. The second-order valence-electron chi connectivity index (χ2n) is 3.33. The molecule has 0 aliphatic carbocycles. The third kappa shape index (κ3) is 2.20. The van der Waals surface area contributed by atoms with E-state index in [9.17, 15) is 4.79 Å². The van der Waals surface area contributed by atoms with E-state index in [0.717, 1.165) is 0 Å². The summed E-state index contributed by atoms with van der Waals surface area (Å²) in [4.78, 5) is 18.9. The van der Waals surface area contributed by atoms with Crippen molar-refractivity contribution in [3.05, 3.63) is 46.0 Å². The Hall–Kier alpha value is -1.21. The topological polar surface area (TPSA) is 74.8 Å². The fourth-order valence-corrected chi connectivity index (χ4v) is 1.69. The SMILES string of the molecule is O=c1[n-]cnc2c1nnn2-c1cccc(Cl)c1.[Na+]. The third-order valence-corrected chi connectivity index (χ3v) is 2.49. The van der Waals surface area contributed by atoms with Gasteiger partial charge >= 0.3 is 29.6 Å². The van der Waals surface area contributed by atoms with Gasteiger partial charge in [0.05, 0.1) is 11.3 Å². The summed E-state index contributed by atoms with van der Waals surface area (Å²) >= 11 is 5.89. The summed E-state index contributed by atoms with van der Waals surface area (Å²) in [5.74, 6) is 0. The van der Waals surface area contributed by atoms with Crippen molar-refractivity contribution in [3.63, 3.8) is 0 Å². The molecule has 0 aliphatic heterocycles. The van der Waals surface area contributed by atoms with Gasteiger partial charge in [-0.15, -0.1) is 5.10 Å². The van der Waals surface area contributed by atoms with Crippen molar-refractivity contribution >= 4 is 22.8 Å². The number of aromatic nitrogens is 5. The molecule has 2 heterocycles. The molecule has 3 rings (SSSR count). The van der Waals surface area contributed by atoms with Crippen molar-refractivity contribution in [2.75, 3.05) is 0 Å². The van der Waals surface area contributed by atoms with E-state index in [1.54, 1.807) is 24.3 Å². The Balaban J connectivity index is 0.00000120. The van der Waals surface area contributed by atoms with Crippen LogP contribution in [0.2, 0.25) is 5.02 Å². The van der Waals surface area contributed by atoms with Gasteiger partial charge in [-0.05, 0) is 18.2 Å². The fraction of sp³-hybridized carbons (Fsp3) is 0. The molecule has 0 N–H and O–H groups in total. The van der Waals surface area contributed by atoms with Crippen LogP contribution in [-0.4, -0.2) is 20.0 Å². The normalized spacial score (nSPS) is 10.3. The van der Waals surface area contributed by atoms with E-state index >= 15 is 0 Å². The molecule has 0 atom stereocenters. The van der Waals surface area contributed by atoms with Crippen LogP contribution < -0.4 is 40.1 Å². The molecule has 0 spiro atoms. The minimum absolute atomic E-state index is 0. The summed E-state index contributed by atoms with van der Waals surface area (Å²) in [5, 5.41) is 8.20. The van der Waals surface area contributed by atoms with Gasteiger partial charge in [0.1, 0.15) is 0 Å². The molecule has 84 valence electrons. The first-order chi connectivity index (χ1) is 8.25. The average Bonchev–Trinajstić information content (AvgIpc) is 2.74. The summed E-state index contributed by atoms with van der Waals surface area (Å²) in [6.45, 7) is 0. The smallest absolute Gasteiger partial charge is 0.425 e. The number of hydrogen-bond donors (Lipinski definition) is 0. The molecule has 0 radical (unpaired) electrons. The molecule has 8 heteroatoms. The van der Waals surface area contributed by atoms with Gasteiger partial charge in [-0.25, -0.2) is 4.68 Å². The first-order valence-electron chi connectivity index (χ1n) is 4.75. The Morgan fingerprint density at radius 1 is 1.33 bits per heavy atom. The van der Waals surface area contributed by atoms with Crippen LogP contribution in [-0.2, 0) is 0 Å². The number of hydrogen-bond acceptors (Lipinski definition) is 4. The van der Waals surface area contributed by atoms with E-state index in [2.05, 4.69) is 20.3 Å². The first-order valence-corrected chi connectivity index (χ1v) is 5.13. The van der Waals surface area contributed by atoms with E-state index in [4.69, 9.17) is 11.6 Å². The molecule has 0 unspecified atom stereocenters. The van der Waals surface area contributed by atoms with Gasteiger partial charge in [0.2, 0.25) is 0 Å². The number of benzene rings is 1. The van der Waals surface area contributed by atoms with Crippen molar-refractivity contribution in [1.82, 2.24) is 25.0 Å². The Bertz CT molecular complexity index is 753. The van der Waals surface area contributed by atoms with Gasteiger partial charge < -0.3 is 9.97 Å². The molecule has 0 bridgehead atoms. The van der Waals surface area contributed by atoms with E-state index < -0.39 is 5.56 Å². The quantitative estimate of drug-likeness (QED) is 0.468. The minimum Gasteiger partial charge on any atom is -0.425 e. The zero-order valence-corrected chi connectivity index (χ0v) is 12.2. The second kappa shape index (κ2) is 5.19. The molecule has 18 heavy (non-hydrogen) atoms. The fourth-order valence-electron chi connectivity index (χ4n) is 1.51. The monoisotopic (exact) mass is 269 g/mol. The molecule has 3 aromatic rings. The largest absolute Gasteiger partial charge is 1.00 e. The van der Waals surface area contributed by atoms with Gasteiger partial charge in [0, 0.05) is 5.02 Å². The maximum Gasteiger partial charge on any atom is 1.00 e. The van der Waals surface area contributed by atoms with Crippen molar-refractivity contribution in [3.8, 4) is 5.69 Å². The molecule has 6 nitrogen and oxygen atoms in total. The van der Waals surface area contributed by atoms with E-state index in [-0.39, 0.29) is 35.1 Å². The summed E-state index contributed by atoms with van der Waals surface area (Å²) in [7, 11) is 0. The van der Waals surface area contributed by atoms with Gasteiger partial charge in [0.15, 0.2) is 11.1 Å². The van der Waals surface area contributed by atoms with Crippen molar-refractivity contribution < 1.29 is 29.6 Å². The molecule has 0 amide bonds. The van der Waals surface area contributed by atoms with E-state index in [0.29, 0.717) is 16.4 Å². The standard InChI is InChI=1S/C10H6ClN5O.Na/c11-6-2-1-3-7(4-6)16-9-8(14-15-16)10(17)13-5-12-9;/h1-5H,(H,12,13,15,17);/q;+1/p-1. The van der Waals surface area contributed by atoms with Gasteiger partial charge in [-0.1, -0.05) is 29.2 Å². The van der Waals surface area contributed by atoms with Crippen LogP contribution in [0, 0.1) is 0 Å². The Kier molecular flexibility index (Phi) is 3.82. The summed E-state index contributed by atoms with van der Waals surface area (Å²) in [6.07, 6.45) is 1.19. The van der Waals surface area contributed by atoms with E-state index in [1.165, 1.54) is 11.0 Å². The zero-order chi connectivity index (χ0) is 11.8. The summed E-state index contributed by atoms with van der Waals surface area (Å²) in [5.41, 5.74) is 0.765. The van der Waals surface area contributed by atoms with Gasteiger partial charge in [-0.2, -0.15) is 0 Å². The molecular formula is C10H5ClN5NaO. The molecular weight excluding hydrogens is 265 g/mol. The molecule has 2 aromatic heterocycles. The summed E-state index contributed by atoms with van der Waals surface area (Å²) in [6, 6.07) is 7.04. The minimum atomic E-state index is -0.441. The summed E-state index contributed by atoms with van der Waals surface area (Å²) < 4.78 is 1.45. The molecule has 0 saturated heterocycles. The maximum absolute atomic E-state index is 11.4. The van der Waals surface area contributed by atoms with E-state index in [1.807, 2.05) is 0 Å². The number of halogens is 1. The molecule has 0 fully saturated rings. The van der Waals surface area contributed by atoms with Crippen molar-refractivity contribution in [2.45, 2.75) is 0 Å². The molecule has 0 aliphatic rings. The van der Waals surface area contributed by atoms with Crippen LogP contribution in [0.4, 0.5) is 0 Å². The first kappa shape index (κ1) is 13.2. The predicted octanol–water partition coefficient (Wildman–Crippen LogP) is -2.21. The van der Waals surface area contributed by atoms with Crippen LogP contribution in [0.25, 0.3) is 16.9 Å². The van der Waals surface area contributed by atoms with Crippen molar-refractivity contribution in [2.24, 2.45) is 0 Å². The number of rotatable bonds is 1.